The predicted molar refractivity (Wildman–Crippen MR) is 84.6 cm³/mol. The molecule has 0 aromatic carbocycles. The molecule has 2 aliphatic rings. The molecule has 2 rings (SSSR count). The van der Waals surface area contributed by atoms with Gasteiger partial charge >= 0.3 is 11.9 Å². The fraction of sp³-hybridized carbons (Fsp3) is 0.875. The quantitative estimate of drug-likeness (QED) is 0.591. The predicted octanol–water partition coefficient (Wildman–Crippen LogP) is 3.70. The van der Waals surface area contributed by atoms with Crippen LogP contribution in [0.1, 0.15) is 70.6 Å². The number of esters is 2. The van der Waals surface area contributed by atoms with Gasteiger partial charge in [0.1, 0.15) is 17.5 Å². The van der Waals surface area contributed by atoms with Crippen molar-refractivity contribution in [2.75, 3.05) is 0 Å². The number of carbonyl (C=O) groups is 2. The van der Waals surface area contributed by atoms with Crippen molar-refractivity contribution in [3.05, 3.63) is 0 Å². The van der Waals surface area contributed by atoms with Gasteiger partial charge < -0.3 is 14.0 Å². The lowest BCUT2D eigenvalue weighted by Gasteiger charge is -2.24. The molecule has 0 aromatic rings. The van der Waals surface area contributed by atoms with Gasteiger partial charge in [-0.25, -0.2) is 0 Å². The van der Waals surface area contributed by atoms with Gasteiger partial charge in [-0.1, -0.05) is 12.8 Å². The zero-order valence-electron chi connectivity index (χ0n) is 13.0. The van der Waals surface area contributed by atoms with Crippen LogP contribution in [0.4, 0.5) is 0 Å². The van der Waals surface area contributed by atoms with Crippen LogP contribution in [0.3, 0.4) is 0 Å². The van der Waals surface area contributed by atoms with Crippen LogP contribution in [0.2, 0.25) is 0 Å². The number of hydrogen-bond acceptors (Lipinski definition) is 6. The highest BCUT2D eigenvalue weighted by atomic mass is 32.2. The van der Waals surface area contributed by atoms with E-state index in [1.807, 2.05) is 0 Å². The first-order valence-electron chi connectivity index (χ1n) is 8.39. The van der Waals surface area contributed by atoms with Crippen LogP contribution in [-0.4, -0.2) is 33.9 Å². The van der Waals surface area contributed by atoms with E-state index in [2.05, 4.69) is 0 Å². The summed E-state index contributed by atoms with van der Waals surface area (Å²) in [4.78, 5) is 24.0. The lowest BCUT2D eigenvalue weighted by atomic mass is 9.98. The molecule has 2 fully saturated rings. The molecule has 2 saturated carbocycles. The largest absolute Gasteiger partial charge is 0.462 e. The van der Waals surface area contributed by atoms with Crippen molar-refractivity contribution in [1.82, 2.24) is 0 Å². The second kappa shape index (κ2) is 9.40. The van der Waals surface area contributed by atoms with Gasteiger partial charge in [0, 0.05) is 12.0 Å². The van der Waals surface area contributed by atoms with Crippen molar-refractivity contribution in [2.24, 2.45) is 0 Å². The van der Waals surface area contributed by atoms with Gasteiger partial charge in [-0.15, -0.1) is 0 Å². The zero-order chi connectivity index (χ0) is 15.8. The fourth-order valence-corrected chi connectivity index (χ4v) is 3.51. The number of carbonyl (C=O) groups excluding carboxylic acids is 2. The lowest BCUT2D eigenvalue weighted by Crippen LogP contribution is -2.31. The molecule has 0 bridgehead atoms. The topological polar surface area (TPSA) is 72.8 Å². The molecule has 0 aliphatic heterocycles. The molecule has 1 atom stereocenters. The normalized spacial score (nSPS) is 22.0. The molecule has 22 heavy (non-hydrogen) atoms. The van der Waals surface area contributed by atoms with E-state index in [-0.39, 0.29) is 18.6 Å². The fourth-order valence-electron chi connectivity index (χ4n) is 3.16. The molecule has 6 heteroatoms. The summed E-state index contributed by atoms with van der Waals surface area (Å²) in [7, 11) is 0. The van der Waals surface area contributed by atoms with Gasteiger partial charge in [0.15, 0.2) is 0 Å². The zero-order valence-corrected chi connectivity index (χ0v) is 13.8. The van der Waals surface area contributed by atoms with Gasteiger partial charge in [-0.2, -0.15) is 0 Å². The van der Waals surface area contributed by atoms with E-state index in [9.17, 15) is 14.1 Å². The SMILES string of the molecule is O=C(CC(SO)C(=O)OC1CCCCC1)OC1CCCCC1. The van der Waals surface area contributed by atoms with E-state index in [1.165, 1.54) is 12.8 Å². The number of hydrogen-bond donors (Lipinski definition) is 1. The summed E-state index contributed by atoms with van der Waals surface area (Å²) >= 11 is 0.382. The third kappa shape index (κ3) is 5.80. The summed E-state index contributed by atoms with van der Waals surface area (Å²) in [5, 5.41) is -0.877. The van der Waals surface area contributed by atoms with E-state index in [0.717, 1.165) is 51.4 Å². The van der Waals surface area contributed by atoms with Crippen LogP contribution in [0, 0.1) is 0 Å². The Hall–Kier alpha value is -0.750. The highest BCUT2D eigenvalue weighted by molar-refractivity contribution is 7.95. The van der Waals surface area contributed by atoms with E-state index in [4.69, 9.17) is 9.47 Å². The highest BCUT2D eigenvalue weighted by Gasteiger charge is 2.29. The highest BCUT2D eigenvalue weighted by Crippen LogP contribution is 2.24. The summed E-state index contributed by atoms with van der Waals surface area (Å²) in [6.07, 6.45) is 10.0. The number of ether oxygens (including phenoxy) is 2. The second-order valence-corrected chi connectivity index (χ2v) is 7.02. The van der Waals surface area contributed by atoms with Crippen LogP contribution in [0.25, 0.3) is 0 Å². The summed E-state index contributed by atoms with van der Waals surface area (Å²) in [5.41, 5.74) is 0. The third-order valence-corrected chi connectivity index (χ3v) is 5.04. The summed E-state index contributed by atoms with van der Waals surface area (Å²) in [6.45, 7) is 0. The summed E-state index contributed by atoms with van der Waals surface area (Å²) in [5.74, 6) is -0.918. The average molecular weight is 330 g/mol. The molecule has 2 aliphatic carbocycles. The maximum absolute atomic E-state index is 12.1. The lowest BCUT2D eigenvalue weighted by molar-refractivity contribution is -0.157. The van der Waals surface area contributed by atoms with Gasteiger partial charge in [-0.3, -0.25) is 9.59 Å². The van der Waals surface area contributed by atoms with Crippen molar-refractivity contribution < 1.29 is 23.6 Å². The minimum atomic E-state index is -0.877. The molecular weight excluding hydrogens is 304 g/mol. The molecule has 0 spiro atoms. The van der Waals surface area contributed by atoms with E-state index in [1.54, 1.807) is 0 Å². The Kier molecular flexibility index (Phi) is 7.52. The first kappa shape index (κ1) is 17.6. The summed E-state index contributed by atoms with van der Waals surface area (Å²) < 4.78 is 20.1. The van der Waals surface area contributed by atoms with E-state index < -0.39 is 17.2 Å². The van der Waals surface area contributed by atoms with Crippen molar-refractivity contribution >= 4 is 24.0 Å². The Morgan fingerprint density at radius 3 is 1.91 bits per heavy atom. The van der Waals surface area contributed by atoms with Crippen LogP contribution >= 0.6 is 12.0 Å². The molecule has 0 radical (unpaired) electrons. The Labute approximate surface area is 136 Å². The van der Waals surface area contributed by atoms with Gasteiger partial charge in [0.25, 0.3) is 0 Å². The van der Waals surface area contributed by atoms with E-state index in [0.29, 0.717) is 12.0 Å². The maximum atomic E-state index is 12.1. The summed E-state index contributed by atoms with van der Waals surface area (Å²) in [6, 6.07) is 0. The molecule has 126 valence electrons. The molecule has 1 N–H and O–H groups in total. The van der Waals surface area contributed by atoms with Crippen molar-refractivity contribution in [2.45, 2.75) is 88.1 Å². The number of rotatable bonds is 6. The average Bonchev–Trinajstić information content (AvgIpc) is 2.54. The molecule has 0 aromatic heterocycles. The first-order chi connectivity index (χ1) is 10.7. The molecule has 0 saturated heterocycles. The van der Waals surface area contributed by atoms with Gasteiger partial charge in [0.2, 0.25) is 0 Å². The van der Waals surface area contributed by atoms with Gasteiger partial charge in [0.05, 0.1) is 6.42 Å². The molecule has 0 amide bonds. The Bertz CT molecular complexity index is 362. The Balaban J connectivity index is 1.74. The van der Waals surface area contributed by atoms with Crippen LogP contribution in [-0.2, 0) is 19.1 Å². The van der Waals surface area contributed by atoms with Crippen LogP contribution in [0.15, 0.2) is 0 Å². The molecule has 1 unspecified atom stereocenters. The van der Waals surface area contributed by atoms with Crippen molar-refractivity contribution in [3.8, 4) is 0 Å². The van der Waals surface area contributed by atoms with Crippen molar-refractivity contribution in [3.63, 3.8) is 0 Å². The second-order valence-electron chi connectivity index (χ2n) is 6.24. The molecule has 0 heterocycles. The first-order valence-corrected chi connectivity index (χ1v) is 9.23. The maximum Gasteiger partial charge on any atom is 0.322 e. The van der Waals surface area contributed by atoms with Crippen molar-refractivity contribution in [1.29, 1.82) is 0 Å². The minimum Gasteiger partial charge on any atom is -0.462 e. The Morgan fingerprint density at radius 1 is 0.909 bits per heavy atom. The third-order valence-electron chi connectivity index (χ3n) is 4.43. The Morgan fingerprint density at radius 2 is 1.41 bits per heavy atom. The molecule has 5 nitrogen and oxygen atoms in total. The molecular formula is C16H26O5S. The monoisotopic (exact) mass is 330 g/mol. The smallest absolute Gasteiger partial charge is 0.322 e. The van der Waals surface area contributed by atoms with Crippen LogP contribution in [0.5, 0.6) is 0 Å². The van der Waals surface area contributed by atoms with Gasteiger partial charge in [-0.05, 0) is 51.4 Å². The standard InChI is InChI=1S/C16H26O5S/c17-15(20-12-7-3-1-4-8-12)11-14(22-19)16(18)21-13-9-5-2-6-10-13/h12-14,19H,1-11H2. The van der Waals surface area contributed by atoms with Crippen LogP contribution < -0.4 is 0 Å². The minimum absolute atomic E-state index is 0.0278. The van der Waals surface area contributed by atoms with E-state index >= 15 is 0 Å².